The average Bonchev–Trinajstić information content (AvgIpc) is 3.21. The number of hydrogen-bond acceptors (Lipinski definition) is 8. The fourth-order valence-corrected chi connectivity index (χ4v) is 6.09. The van der Waals surface area contributed by atoms with Crippen molar-refractivity contribution in [3.8, 4) is 5.75 Å². The van der Waals surface area contributed by atoms with Crippen molar-refractivity contribution in [3.05, 3.63) is 29.8 Å². The van der Waals surface area contributed by atoms with Gasteiger partial charge in [0.15, 0.2) is 8.68 Å². The zero-order chi connectivity index (χ0) is 20.5. The molecule has 0 radical (unpaired) electrons. The number of carbonyl (C=O) groups excluding carboxylic acids is 1. The van der Waals surface area contributed by atoms with Crippen LogP contribution >= 0.6 is 34.9 Å². The Morgan fingerprint density at radius 2 is 1.86 bits per heavy atom. The van der Waals surface area contributed by atoms with Gasteiger partial charge in [-0.05, 0) is 49.4 Å². The lowest BCUT2D eigenvalue weighted by molar-refractivity contribution is -0.118. The lowest BCUT2D eigenvalue weighted by Gasteiger charge is -2.35. The van der Waals surface area contributed by atoms with E-state index in [4.69, 9.17) is 4.74 Å². The van der Waals surface area contributed by atoms with Crippen molar-refractivity contribution >= 4 is 40.8 Å². The highest BCUT2D eigenvalue weighted by Crippen LogP contribution is 2.29. The molecule has 3 rings (SSSR count). The predicted octanol–water partition coefficient (Wildman–Crippen LogP) is 4.09. The van der Waals surface area contributed by atoms with Crippen LogP contribution in [0, 0.1) is 0 Å². The summed E-state index contributed by atoms with van der Waals surface area (Å²) in [6.45, 7) is 4.85. The Hall–Kier alpha value is -1.29. The van der Waals surface area contributed by atoms with Crippen LogP contribution in [-0.4, -0.2) is 59.3 Å². The van der Waals surface area contributed by atoms with Crippen LogP contribution in [0.15, 0.2) is 32.9 Å². The Bertz CT molecular complexity index is 763. The van der Waals surface area contributed by atoms with Crippen LogP contribution in [-0.2, 0) is 4.79 Å². The second kappa shape index (κ2) is 11.8. The summed E-state index contributed by atoms with van der Waals surface area (Å²) in [6.07, 6.45) is 3.71. The smallest absolute Gasteiger partial charge is 0.230 e. The predicted molar refractivity (Wildman–Crippen MR) is 121 cm³/mol. The number of likely N-dealkylation sites (tertiary alicyclic amines) is 1. The Kier molecular flexibility index (Phi) is 9.10. The van der Waals surface area contributed by atoms with Crippen LogP contribution < -0.4 is 10.1 Å². The minimum absolute atomic E-state index is 0.0328. The van der Waals surface area contributed by atoms with E-state index in [0.717, 1.165) is 33.3 Å². The highest BCUT2D eigenvalue weighted by atomic mass is 32.2. The van der Waals surface area contributed by atoms with Gasteiger partial charge < -0.3 is 10.1 Å². The molecule has 2 aromatic rings. The zero-order valence-corrected chi connectivity index (χ0v) is 19.4. The summed E-state index contributed by atoms with van der Waals surface area (Å²) in [5.74, 6) is 2.22. The maximum Gasteiger partial charge on any atom is 0.230 e. The summed E-state index contributed by atoms with van der Waals surface area (Å²) in [4.78, 5) is 14.9. The number of methoxy groups -OCH3 is 1. The molecule has 1 atom stereocenters. The lowest BCUT2D eigenvalue weighted by Crippen LogP contribution is -2.41. The van der Waals surface area contributed by atoms with Crippen LogP contribution in [0.2, 0.25) is 0 Å². The third-order valence-electron chi connectivity index (χ3n) is 4.81. The third kappa shape index (κ3) is 6.87. The Balaban J connectivity index is 1.55. The van der Waals surface area contributed by atoms with Crippen molar-refractivity contribution in [3.63, 3.8) is 0 Å². The van der Waals surface area contributed by atoms with Gasteiger partial charge in [0, 0.05) is 6.54 Å². The molecule has 0 aliphatic carbocycles. The molecule has 1 fully saturated rings. The van der Waals surface area contributed by atoms with E-state index in [1.165, 1.54) is 36.6 Å². The van der Waals surface area contributed by atoms with Crippen LogP contribution in [0.25, 0.3) is 0 Å². The van der Waals surface area contributed by atoms with Gasteiger partial charge in [0.2, 0.25) is 5.91 Å². The molecule has 29 heavy (non-hydrogen) atoms. The fraction of sp³-hybridized carbons (Fsp3) is 0.550. The highest BCUT2D eigenvalue weighted by Gasteiger charge is 2.23. The van der Waals surface area contributed by atoms with Gasteiger partial charge in [-0.2, -0.15) is 0 Å². The second-order valence-corrected chi connectivity index (χ2v) is 10.5. The molecular formula is C20H28N4O2S3. The first-order valence-corrected chi connectivity index (χ1v) is 12.7. The van der Waals surface area contributed by atoms with Crippen molar-refractivity contribution in [2.45, 2.75) is 40.9 Å². The minimum atomic E-state index is 0.0328. The van der Waals surface area contributed by atoms with E-state index < -0.39 is 0 Å². The van der Waals surface area contributed by atoms with E-state index >= 15 is 0 Å². The summed E-state index contributed by atoms with van der Waals surface area (Å²) in [5.41, 5.74) is 1.21. The minimum Gasteiger partial charge on any atom is -0.497 e. The second-order valence-electron chi connectivity index (χ2n) is 6.75. The summed E-state index contributed by atoms with van der Waals surface area (Å²) in [5, 5.41) is 11.4. The molecule has 2 heterocycles. The quantitative estimate of drug-likeness (QED) is 0.545. The van der Waals surface area contributed by atoms with E-state index in [0.29, 0.717) is 12.3 Å². The number of thioether (sulfide) groups is 2. The van der Waals surface area contributed by atoms with Gasteiger partial charge >= 0.3 is 0 Å². The normalized spacial score (nSPS) is 15.8. The Labute approximate surface area is 185 Å². The number of aromatic nitrogens is 2. The number of piperidine rings is 1. The van der Waals surface area contributed by atoms with Gasteiger partial charge in [-0.25, -0.2) is 0 Å². The topological polar surface area (TPSA) is 67.3 Å². The number of carbonyl (C=O) groups is 1. The fourth-order valence-electron chi connectivity index (χ4n) is 3.34. The maximum atomic E-state index is 12.4. The Morgan fingerprint density at radius 3 is 2.52 bits per heavy atom. The molecule has 0 saturated carbocycles. The molecule has 1 unspecified atom stereocenters. The van der Waals surface area contributed by atoms with Crippen molar-refractivity contribution in [1.82, 2.24) is 20.4 Å². The van der Waals surface area contributed by atoms with Crippen molar-refractivity contribution in [1.29, 1.82) is 0 Å². The SMILES string of the molecule is CCSc1nnc(SCC(=O)NCC(c2ccc(OC)cc2)N2CCCCC2)s1. The van der Waals surface area contributed by atoms with Gasteiger partial charge in [-0.3, -0.25) is 9.69 Å². The molecule has 1 N–H and O–H groups in total. The van der Waals surface area contributed by atoms with E-state index in [9.17, 15) is 4.79 Å². The van der Waals surface area contributed by atoms with Gasteiger partial charge in [-0.1, -0.05) is 60.3 Å². The summed E-state index contributed by atoms with van der Waals surface area (Å²) in [6, 6.07) is 8.38. The van der Waals surface area contributed by atoms with Gasteiger partial charge in [-0.15, -0.1) is 10.2 Å². The average molecular weight is 453 g/mol. The summed E-state index contributed by atoms with van der Waals surface area (Å²) < 4.78 is 7.09. The molecule has 1 amide bonds. The van der Waals surface area contributed by atoms with Crippen LogP contribution in [0.4, 0.5) is 0 Å². The first-order valence-electron chi connectivity index (χ1n) is 9.93. The maximum absolute atomic E-state index is 12.4. The van der Waals surface area contributed by atoms with E-state index in [1.54, 1.807) is 30.2 Å². The number of rotatable bonds is 10. The van der Waals surface area contributed by atoms with Gasteiger partial charge in [0.05, 0.1) is 18.9 Å². The molecule has 1 saturated heterocycles. The summed E-state index contributed by atoms with van der Waals surface area (Å²) in [7, 11) is 1.68. The van der Waals surface area contributed by atoms with E-state index in [-0.39, 0.29) is 11.9 Å². The van der Waals surface area contributed by atoms with Crippen LogP contribution in [0.5, 0.6) is 5.75 Å². The standard InChI is InChI=1S/C20H28N4O2S3/c1-3-27-19-22-23-20(29-19)28-14-18(25)21-13-17(24-11-5-4-6-12-24)15-7-9-16(26-2)10-8-15/h7-10,17H,3-6,11-14H2,1-2H3,(H,21,25). The lowest BCUT2D eigenvalue weighted by atomic mass is 10.0. The van der Waals surface area contributed by atoms with Gasteiger partial charge in [0.1, 0.15) is 5.75 Å². The van der Waals surface area contributed by atoms with Crippen molar-refractivity contribution in [2.24, 2.45) is 0 Å². The van der Waals surface area contributed by atoms with Crippen molar-refractivity contribution in [2.75, 3.05) is 38.2 Å². The monoisotopic (exact) mass is 452 g/mol. The number of nitrogens with zero attached hydrogens (tertiary/aromatic N) is 3. The molecule has 0 spiro atoms. The number of hydrogen-bond donors (Lipinski definition) is 1. The molecular weight excluding hydrogens is 424 g/mol. The summed E-state index contributed by atoms with van der Waals surface area (Å²) >= 11 is 4.68. The number of benzene rings is 1. The zero-order valence-electron chi connectivity index (χ0n) is 16.9. The molecule has 1 aliphatic heterocycles. The van der Waals surface area contributed by atoms with E-state index in [1.807, 2.05) is 12.1 Å². The number of ether oxygens (including phenoxy) is 1. The molecule has 0 bridgehead atoms. The molecule has 158 valence electrons. The third-order valence-corrected chi connectivity index (χ3v) is 7.88. The first-order chi connectivity index (χ1) is 14.2. The molecule has 1 aromatic carbocycles. The van der Waals surface area contributed by atoms with Crippen LogP contribution in [0.3, 0.4) is 0 Å². The number of nitrogens with one attached hydrogen (secondary N) is 1. The first kappa shape index (κ1) is 22.4. The largest absolute Gasteiger partial charge is 0.497 e. The number of amides is 1. The van der Waals surface area contributed by atoms with Crippen LogP contribution in [0.1, 0.15) is 37.8 Å². The Morgan fingerprint density at radius 1 is 1.17 bits per heavy atom. The van der Waals surface area contributed by atoms with E-state index in [2.05, 4.69) is 39.5 Å². The molecule has 9 heteroatoms. The highest BCUT2D eigenvalue weighted by molar-refractivity contribution is 8.03. The molecule has 1 aliphatic rings. The molecule has 6 nitrogen and oxygen atoms in total. The molecule has 1 aromatic heterocycles. The van der Waals surface area contributed by atoms with Crippen molar-refractivity contribution < 1.29 is 9.53 Å². The van der Waals surface area contributed by atoms with Gasteiger partial charge in [0.25, 0.3) is 0 Å².